The van der Waals surface area contributed by atoms with Crippen LogP contribution in [0, 0.1) is 5.41 Å². The van der Waals surface area contributed by atoms with Crippen LogP contribution in [0.25, 0.3) is 0 Å². The molecule has 1 unspecified atom stereocenters. The summed E-state index contributed by atoms with van der Waals surface area (Å²) in [7, 11) is -2.75. The summed E-state index contributed by atoms with van der Waals surface area (Å²) in [5.41, 5.74) is 6.02. The minimum Gasteiger partial charge on any atom is -0.330 e. The molecule has 0 bridgehead atoms. The van der Waals surface area contributed by atoms with Gasteiger partial charge >= 0.3 is 0 Å². The Morgan fingerprint density at radius 2 is 2.13 bits per heavy atom. The number of hydrogen-bond acceptors (Lipinski definition) is 4. The first-order valence-electron chi connectivity index (χ1n) is 5.69. The first-order chi connectivity index (χ1) is 7.05. The zero-order valence-corrected chi connectivity index (χ0v) is 9.85. The second-order valence-electron chi connectivity index (χ2n) is 5.04. The molecule has 88 valence electrons. The van der Waals surface area contributed by atoms with E-state index in [9.17, 15) is 8.42 Å². The quantitative estimate of drug-likeness (QED) is 0.709. The van der Waals surface area contributed by atoms with Gasteiger partial charge in [0.15, 0.2) is 9.84 Å². The third kappa shape index (κ3) is 2.52. The van der Waals surface area contributed by atoms with Crippen LogP contribution in [-0.4, -0.2) is 39.1 Å². The van der Waals surface area contributed by atoms with E-state index in [-0.39, 0.29) is 11.5 Å². The average molecular weight is 232 g/mol. The van der Waals surface area contributed by atoms with Crippen LogP contribution in [0.5, 0.6) is 0 Å². The van der Waals surface area contributed by atoms with Crippen molar-refractivity contribution in [1.29, 1.82) is 0 Å². The highest BCUT2D eigenvalue weighted by atomic mass is 32.2. The van der Waals surface area contributed by atoms with Crippen LogP contribution in [-0.2, 0) is 9.84 Å². The Kier molecular flexibility index (Phi) is 3.05. The van der Waals surface area contributed by atoms with Crippen LogP contribution in [0.4, 0.5) is 0 Å². The van der Waals surface area contributed by atoms with E-state index in [0.717, 1.165) is 19.5 Å². The van der Waals surface area contributed by atoms with Crippen molar-refractivity contribution in [2.75, 3.05) is 24.6 Å². The van der Waals surface area contributed by atoms with Crippen LogP contribution < -0.4 is 11.1 Å². The van der Waals surface area contributed by atoms with E-state index in [1.54, 1.807) is 0 Å². The summed E-state index contributed by atoms with van der Waals surface area (Å²) >= 11 is 0. The Morgan fingerprint density at radius 3 is 2.53 bits per heavy atom. The number of sulfone groups is 1. The molecular weight excluding hydrogens is 212 g/mol. The summed E-state index contributed by atoms with van der Waals surface area (Å²) in [4.78, 5) is 0. The Hall–Kier alpha value is -0.130. The first kappa shape index (κ1) is 11.4. The molecule has 2 aliphatic rings. The Bertz CT molecular complexity index is 317. The number of rotatable bonds is 4. The molecule has 4 nitrogen and oxygen atoms in total. The largest absolute Gasteiger partial charge is 0.330 e. The van der Waals surface area contributed by atoms with Gasteiger partial charge < -0.3 is 11.1 Å². The third-order valence-electron chi connectivity index (χ3n) is 3.85. The lowest BCUT2D eigenvalue weighted by molar-refractivity contribution is 0.137. The monoisotopic (exact) mass is 232 g/mol. The van der Waals surface area contributed by atoms with Gasteiger partial charge in [0.2, 0.25) is 0 Å². The summed E-state index contributed by atoms with van der Waals surface area (Å²) in [6.07, 6.45) is 4.41. The molecule has 1 aliphatic carbocycles. The summed E-state index contributed by atoms with van der Waals surface area (Å²) < 4.78 is 22.5. The van der Waals surface area contributed by atoms with Gasteiger partial charge in [-0.25, -0.2) is 8.42 Å². The van der Waals surface area contributed by atoms with Crippen LogP contribution in [0.3, 0.4) is 0 Å². The molecule has 0 spiro atoms. The summed E-state index contributed by atoms with van der Waals surface area (Å²) in [6.45, 7) is 1.61. The van der Waals surface area contributed by atoms with Crippen LogP contribution >= 0.6 is 0 Å². The topological polar surface area (TPSA) is 72.2 Å². The Labute approximate surface area is 91.5 Å². The lowest BCUT2D eigenvalue weighted by atomic mass is 9.69. The zero-order chi connectivity index (χ0) is 10.9. The molecule has 1 aliphatic heterocycles. The van der Waals surface area contributed by atoms with E-state index in [4.69, 9.17) is 5.73 Å². The SMILES string of the molecule is NCC1(CNC2CCS(=O)(=O)C2)CCC1. The van der Waals surface area contributed by atoms with Gasteiger partial charge in [-0.05, 0) is 31.2 Å². The molecule has 2 fully saturated rings. The Balaban J connectivity index is 1.79. The van der Waals surface area contributed by atoms with E-state index in [2.05, 4.69) is 5.32 Å². The molecule has 15 heavy (non-hydrogen) atoms. The van der Waals surface area contributed by atoms with E-state index >= 15 is 0 Å². The molecule has 0 aromatic rings. The molecule has 0 amide bonds. The van der Waals surface area contributed by atoms with Gasteiger partial charge in [0.05, 0.1) is 11.5 Å². The highest BCUT2D eigenvalue weighted by Gasteiger charge is 2.37. The minimum atomic E-state index is -2.75. The lowest BCUT2D eigenvalue weighted by Crippen LogP contribution is -2.48. The highest BCUT2D eigenvalue weighted by Crippen LogP contribution is 2.39. The van der Waals surface area contributed by atoms with Gasteiger partial charge in [0.25, 0.3) is 0 Å². The number of nitrogens with one attached hydrogen (secondary N) is 1. The standard InChI is InChI=1S/C10H20N2O2S/c11-7-10(3-1-4-10)8-12-9-2-5-15(13,14)6-9/h9,12H,1-8,11H2. The third-order valence-corrected chi connectivity index (χ3v) is 5.61. The fraction of sp³-hybridized carbons (Fsp3) is 1.00. The predicted molar refractivity (Wildman–Crippen MR) is 60.4 cm³/mol. The lowest BCUT2D eigenvalue weighted by Gasteiger charge is -2.41. The van der Waals surface area contributed by atoms with Crippen molar-refractivity contribution in [3.8, 4) is 0 Å². The minimum absolute atomic E-state index is 0.166. The van der Waals surface area contributed by atoms with Gasteiger partial charge in [0, 0.05) is 12.6 Å². The van der Waals surface area contributed by atoms with Crippen LogP contribution in [0.2, 0.25) is 0 Å². The zero-order valence-electron chi connectivity index (χ0n) is 9.04. The van der Waals surface area contributed by atoms with E-state index < -0.39 is 9.84 Å². The summed E-state index contributed by atoms with van der Waals surface area (Å²) in [5.74, 6) is 0.661. The van der Waals surface area contributed by atoms with E-state index in [1.165, 1.54) is 19.3 Å². The van der Waals surface area contributed by atoms with Gasteiger partial charge in [-0.15, -0.1) is 0 Å². The molecule has 1 saturated heterocycles. The van der Waals surface area contributed by atoms with Crippen molar-refractivity contribution in [1.82, 2.24) is 5.32 Å². The van der Waals surface area contributed by atoms with Crippen molar-refractivity contribution in [2.45, 2.75) is 31.7 Å². The summed E-state index contributed by atoms with van der Waals surface area (Å²) in [5, 5.41) is 3.37. The maximum Gasteiger partial charge on any atom is 0.151 e. The van der Waals surface area contributed by atoms with Gasteiger partial charge in [0.1, 0.15) is 0 Å². The molecule has 1 heterocycles. The van der Waals surface area contributed by atoms with Gasteiger partial charge in [-0.3, -0.25) is 0 Å². The number of nitrogens with two attached hydrogens (primary N) is 1. The summed E-state index contributed by atoms with van der Waals surface area (Å²) in [6, 6.07) is 0.166. The number of hydrogen-bond donors (Lipinski definition) is 2. The molecule has 2 rings (SSSR count). The molecular formula is C10H20N2O2S. The van der Waals surface area contributed by atoms with Crippen molar-refractivity contribution in [3.05, 3.63) is 0 Å². The van der Waals surface area contributed by atoms with E-state index in [1.807, 2.05) is 0 Å². The van der Waals surface area contributed by atoms with Crippen molar-refractivity contribution in [2.24, 2.45) is 11.1 Å². The van der Waals surface area contributed by atoms with Crippen molar-refractivity contribution in [3.63, 3.8) is 0 Å². The Morgan fingerprint density at radius 1 is 1.40 bits per heavy atom. The second kappa shape index (κ2) is 4.03. The molecule has 1 saturated carbocycles. The smallest absolute Gasteiger partial charge is 0.151 e. The van der Waals surface area contributed by atoms with Crippen LogP contribution in [0.15, 0.2) is 0 Å². The maximum atomic E-state index is 11.3. The predicted octanol–water partition coefficient (Wildman–Crippen LogP) is -0.108. The molecule has 0 aromatic heterocycles. The van der Waals surface area contributed by atoms with Crippen molar-refractivity contribution >= 4 is 9.84 Å². The fourth-order valence-electron chi connectivity index (χ4n) is 2.45. The average Bonchev–Trinajstić information content (AvgIpc) is 2.45. The highest BCUT2D eigenvalue weighted by molar-refractivity contribution is 7.91. The first-order valence-corrected chi connectivity index (χ1v) is 7.51. The van der Waals surface area contributed by atoms with Crippen LogP contribution in [0.1, 0.15) is 25.7 Å². The van der Waals surface area contributed by atoms with Gasteiger partial charge in [-0.1, -0.05) is 6.42 Å². The second-order valence-corrected chi connectivity index (χ2v) is 7.27. The molecule has 0 radical (unpaired) electrons. The van der Waals surface area contributed by atoms with E-state index in [0.29, 0.717) is 11.5 Å². The molecule has 1 atom stereocenters. The fourth-order valence-corrected chi connectivity index (χ4v) is 4.15. The molecule has 3 N–H and O–H groups in total. The van der Waals surface area contributed by atoms with Crippen molar-refractivity contribution < 1.29 is 8.42 Å². The van der Waals surface area contributed by atoms with Gasteiger partial charge in [-0.2, -0.15) is 0 Å². The molecule has 0 aromatic carbocycles. The normalized spacial score (nSPS) is 32.5. The maximum absolute atomic E-state index is 11.3. The molecule has 5 heteroatoms.